The molecule has 3 heteroatoms. The molecule has 1 aromatic carbocycles. The number of aliphatic hydroxyl groups excluding tert-OH is 1. The van der Waals surface area contributed by atoms with Gasteiger partial charge in [0.1, 0.15) is 0 Å². The first-order chi connectivity index (χ1) is 16.0. The molecule has 1 atom stereocenters. The van der Waals surface area contributed by atoms with E-state index in [0.29, 0.717) is 18.1 Å². The summed E-state index contributed by atoms with van der Waals surface area (Å²) in [7, 11) is 0. The molecule has 3 rings (SSSR count). The van der Waals surface area contributed by atoms with Crippen LogP contribution in [-0.2, 0) is 16.0 Å². The summed E-state index contributed by atoms with van der Waals surface area (Å²) in [6.07, 6.45) is 15.3. The highest BCUT2D eigenvalue weighted by Crippen LogP contribution is 2.45. The Morgan fingerprint density at radius 3 is 2.15 bits per heavy atom. The maximum absolute atomic E-state index is 11.7. The zero-order chi connectivity index (χ0) is 23.6. The minimum atomic E-state index is -0.343. The van der Waals surface area contributed by atoms with Crippen molar-refractivity contribution in [3.05, 3.63) is 47.5 Å². The van der Waals surface area contributed by atoms with Gasteiger partial charge < -0.3 is 9.84 Å². The second-order valence-corrected chi connectivity index (χ2v) is 10.8. The van der Waals surface area contributed by atoms with E-state index in [0.717, 1.165) is 30.6 Å². The number of rotatable bonds is 11. The lowest BCUT2D eigenvalue weighted by atomic mass is 9.67. The van der Waals surface area contributed by atoms with Gasteiger partial charge in [0.25, 0.3) is 0 Å². The maximum Gasteiger partial charge on any atom is 0.333 e. The molecule has 2 fully saturated rings. The SMILES string of the molecule is C=C(C)C(=O)OCC(CO)C1CCC(C2CCC(c3ccc(CCCCC)cc3)CC2)CC1. The molecule has 3 nitrogen and oxygen atoms in total. The summed E-state index contributed by atoms with van der Waals surface area (Å²) < 4.78 is 5.34. The zero-order valence-electron chi connectivity index (χ0n) is 21.1. The van der Waals surface area contributed by atoms with E-state index in [4.69, 9.17) is 4.74 Å². The van der Waals surface area contributed by atoms with Gasteiger partial charge in [-0.25, -0.2) is 4.79 Å². The lowest BCUT2D eigenvalue weighted by Crippen LogP contribution is -2.31. The molecule has 0 spiro atoms. The molecule has 0 heterocycles. The molecule has 2 aliphatic carbocycles. The van der Waals surface area contributed by atoms with Crippen molar-refractivity contribution in [1.82, 2.24) is 0 Å². The van der Waals surface area contributed by atoms with Crippen LogP contribution in [-0.4, -0.2) is 24.3 Å². The van der Waals surface area contributed by atoms with Gasteiger partial charge in [-0.05, 0) is 106 Å². The Labute approximate surface area is 202 Å². The van der Waals surface area contributed by atoms with Crippen molar-refractivity contribution >= 4 is 5.97 Å². The van der Waals surface area contributed by atoms with Gasteiger partial charge in [-0.2, -0.15) is 0 Å². The predicted octanol–water partition coefficient (Wildman–Crippen LogP) is 7.23. The minimum absolute atomic E-state index is 0.0648. The highest BCUT2D eigenvalue weighted by Gasteiger charge is 2.33. The van der Waals surface area contributed by atoms with Gasteiger partial charge >= 0.3 is 5.97 Å². The summed E-state index contributed by atoms with van der Waals surface area (Å²) in [5, 5.41) is 9.84. The predicted molar refractivity (Wildman–Crippen MR) is 136 cm³/mol. The monoisotopic (exact) mass is 454 g/mol. The Hall–Kier alpha value is -1.61. The number of carbonyl (C=O) groups is 1. The molecule has 1 unspecified atom stereocenters. The van der Waals surface area contributed by atoms with Crippen LogP contribution in [0.2, 0.25) is 0 Å². The van der Waals surface area contributed by atoms with Crippen molar-refractivity contribution in [2.75, 3.05) is 13.2 Å². The maximum atomic E-state index is 11.7. The van der Waals surface area contributed by atoms with E-state index in [2.05, 4.69) is 37.8 Å². The van der Waals surface area contributed by atoms with Crippen LogP contribution in [0.5, 0.6) is 0 Å². The summed E-state index contributed by atoms with van der Waals surface area (Å²) >= 11 is 0. The van der Waals surface area contributed by atoms with Gasteiger partial charge in [0.05, 0.1) is 6.61 Å². The van der Waals surface area contributed by atoms with Crippen molar-refractivity contribution in [3.63, 3.8) is 0 Å². The normalized spacial score (nSPS) is 26.5. The second-order valence-electron chi connectivity index (χ2n) is 10.8. The molecule has 0 amide bonds. The van der Waals surface area contributed by atoms with E-state index in [9.17, 15) is 9.90 Å². The third kappa shape index (κ3) is 7.70. The number of aliphatic hydroxyl groups is 1. The van der Waals surface area contributed by atoms with E-state index in [1.807, 2.05) is 0 Å². The number of hydrogen-bond acceptors (Lipinski definition) is 3. The van der Waals surface area contributed by atoms with Crippen LogP contribution in [0, 0.1) is 23.7 Å². The smallest absolute Gasteiger partial charge is 0.333 e. The summed E-state index contributed by atoms with van der Waals surface area (Å²) in [4.78, 5) is 11.7. The van der Waals surface area contributed by atoms with Crippen molar-refractivity contribution in [3.8, 4) is 0 Å². The molecule has 1 aromatic rings. The number of benzene rings is 1. The van der Waals surface area contributed by atoms with Crippen LogP contribution in [0.25, 0.3) is 0 Å². The fraction of sp³-hybridized carbons (Fsp3) is 0.700. The highest BCUT2D eigenvalue weighted by atomic mass is 16.5. The minimum Gasteiger partial charge on any atom is -0.462 e. The van der Waals surface area contributed by atoms with Crippen molar-refractivity contribution < 1.29 is 14.6 Å². The summed E-state index contributed by atoms with van der Waals surface area (Å²) in [6, 6.07) is 9.52. The third-order valence-corrected chi connectivity index (χ3v) is 8.45. The molecule has 0 radical (unpaired) electrons. The van der Waals surface area contributed by atoms with E-state index < -0.39 is 0 Å². The summed E-state index contributed by atoms with van der Waals surface area (Å²) in [6.45, 7) is 7.99. The summed E-state index contributed by atoms with van der Waals surface area (Å²) in [5.41, 5.74) is 3.47. The quantitative estimate of drug-likeness (QED) is 0.218. The molecule has 184 valence electrons. The molecule has 0 aromatic heterocycles. The highest BCUT2D eigenvalue weighted by molar-refractivity contribution is 5.86. The van der Waals surface area contributed by atoms with Crippen molar-refractivity contribution in [1.29, 1.82) is 0 Å². The van der Waals surface area contributed by atoms with Crippen LogP contribution in [0.4, 0.5) is 0 Å². The largest absolute Gasteiger partial charge is 0.462 e. The first kappa shape index (κ1) is 26.0. The molecule has 33 heavy (non-hydrogen) atoms. The van der Waals surface area contributed by atoms with Gasteiger partial charge in [-0.1, -0.05) is 50.6 Å². The van der Waals surface area contributed by atoms with Gasteiger partial charge in [0, 0.05) is 18.1 Å². The van der Waals surface area contributed by atoms with Gasteiger partial charge in [-0.3, -0.25) is 0 Å². The van der Waals surface area contributed by atoms with E-state index in [1.165, 1.54) is 69.8 Å². The first-order valence-electron chi connectivity index (χ1n) is 13.5. The molecular formula is C30H46O3. The molecule has 0 bridgehead atoms. The lowest BCUT2D eigenvalue weighted by molar-refractivity contribution is -0.141. The second kappa shape index (κ2) is 13.3. The van der Waals surface area contributed by atoms with Crippen LogP contribution in [0.15, 0.2) is 36.4 Å². The van der Waals surface area contributed by atoms with Crippen molar-refractivity contribution in [2.45, 2.75) is 96.8 Å². The lowest BCUT2D eigenvalue weighted by Gasteiger charge is -2.39. The van der Waals surface area contributed by atoms with E-state index in [1.54, 1.807) is 12.5 Å². The Morgan fingerprint density at radius 1 is 1.00 bits per heavy atom. The Kier molecular flexibility index (Phi) is 10.5. The van der Waals surface area contributed by atoms with E-state index >= 15 is 0 Å². The van der Waals surface area contributed by atoms with Gasteiger partial charge in [0.15, 0.2) is 0 Å². The number of carbonyl (C=O) groups excluding carboxylic acids is 1. The molecule has 2 saturated carbocycles. The molecule has 1 N–H and O–H groups in total. The Balaban J connectivity index is 1.40. The van der Waals surface area contributed by atoms with E-state index in [-0.39, 0.29) is 18.5 Å². The third-order valence-electron chi connectivity index (χ3n) is 8.45. The van der Waals surface area contributed by atoms with Crippen LogP contribution in [0.1, 0.15) is 102 Å². The number of aryl methyl sites for hydroxylation is 1. The average molecular weight is 455 g/mol. The summed E-state index contributed by atoms with van der Waals surface area (Å²) in [5.74, 6) is 2.63. The van der Waals surface area contributed by atoms with Crippen LogP contribution < -0.4 is 0 Å². The number of hydrogen-bond donors (Lipinski definition) is 1. The fourth-order valence-corrected chi connectivity index (χ4v) is 6.19. The van der Waals surface area contributed by atoms with Crippen LogP contribution in [0.3, 0.4) is 0 Å². The van der Waals surface area contributed by atoms with Crippen LogP contribution >= 0.6 is 0 Å². The molecule has 0 aliphatic heterocycles. The molecule has 0 saturated heterocycles. The van der Waals surface area contributed by atoms with Gasteiger partial charge in [0.2, 0.25) is 0 Å². The average Bonchev–Trinajstić information content (AvgIpc) is 2.85. The topological polar surface area (TPSA) is 46.5 Å². The standard InChI is InChI=1S/C30H46O3/c1-4-5-6-7-23-8-10-24(11-9-23)25-12-14-26(15-13-25)27-16-18-28(19-17-27)29(20-31)21-33-30(32)22(2)3/h8-11,25-29,31H,2,4-7,12-21H2,1,3H3. The number of ether oxygens (including phenoxy) is 1. The molecule has 2 aliphatic rings. The van der Waals surface area contributed by atoms with Crippen molar-refractivity contribution in [2.24, 2.45) is 23.7 Å². The molecular weight excluding hydrogens is 408 g/mol. The number of esters is 1. The zero-order valence-corrected chi connectivity index (χ0v) is 21.1. The first-order valence-corrected chi connectivity index (χ1v) is 13.5. The number of unbranched alkanes of at least 4 members (excludes halogenated alkanes) is 2. The Morgan fingerprint density at radius 2 is 1.61 bits per heavy atom. The fourth-order valence-electron chi connectivity index (χ4n) is 6.19. The Bertz CT molecular complexity index is 721. The van der Waals surface area contributed by atoms with Gasteiger partial charge in [-0.15, -0.1) is 0 Å².